The monoisotopic (exact) mass is 240 g/mol. The lowest BCUT2D eigenvalue weighted by Gasteiger charge is -2.22. The Labute approximate surface area is 102 Å². The second kappa shape index (κ2) is 6.24. The summed E-state index contributed by atoms with van der Waals surface area (Å²) in [4.78, 5) is 8.03. The number of hydrogen-bond acceptors (Lipinski definition) is 6. The second-order valence-electron chi connectivity index (χ2n) is 4.10. The molecule has 0 amide bonds. The van der Waals surface area contributed by atoms with Crippen LogP contribution in [-0.4, -0.2) is 36.8 Å². The molecular formula is C11H20N4O2. The van der Waals surface area contributed by atoms with E-state index in [1.807, 2.05) is 0 Å². The van der Waals surface area contributed by atoms with Crippen LogP contribution in [0.1, 0.15) is 13.8 Å². The van der Waals surface area contributed by atoms with Crippen molar-refractivity contribution in [2.45, 2.75) is 19.9 Å². The van der Waals surface area contributed by atoms with Gasteiger partial charge in [0.1, 0.15) is 12.0 Å². The third-order valence-electron chi connectivity index (χ3n) is 2.51. The predicted molar refractivity (Wildman–Crippen MR) is 67.1 cm³/mol. The molecule has 0 radical (unpaired) electrons. The molecule has 0 fully saturated rings. The van der Waals surface area contributed by atoms with Crippen molar-refractivity contribution in [3.8, 4) is 5.88 Å². The van der Waals surface area contributed by atoms with Gasteiger partial charge in [0, 0.05) is 7.11 Å². The number of methoxy groups -OCH3 is 2. The molecule has 17 heavy (non-hydrogen) atoms. The van der Waals surface area contributed by atoms with Gasteiger partial charge >= 0.3 is 0 Å². The number of nitrogens with zero attached hydrogens (tertiary/aromatic N) is 2. The van der Waals surface area contributed by atoms with Gasteiger partial charge in [-0.3, -0.25) is 0 Å². The minimum Gasteiger partial charge on any atom is -0.479 e. The van der Waals surface area contributed by atoms with Gasteiger partial charge in [0.25, 0.3) is 0 Å². The van der Waals surface area contributed by atoms with E-state index in [1.165, 1.54) is 13.4 Å². The molecule has 0 spiro atoms. The summed E-state index contributed by atoms with van der Waals surface area (Å²) < 4.78 is 10.2. The third-order valence-corrected chi connectivity index (χ3v) is 2.51. The molecule has 6 nitrogen and oxygen atoms in total. The van der Waals surface area contributed by atoms with Crippen LogP contribution in [0.3, 0.4) is 0 Å². The number of anilines is 2. The summed E-state index contributed by atoms with van der Waals surface area (Å²) in [6, 6.07) is 0.141. The van der Waals surface area contributed by atoms with Crippen LogP contribution in [0.25, 0.3) is 0 Å². The summed E-state index contributed by atoms with van der Waals surface area (Å²) in [6.07, 6.45) is 1.42. The van der Waals surface area contributed by atoms with Gasteiger partial charge in [-0.1, -0.05) is 13.8 Å². The van der Waals surface area contributed by atoms with E-state index in [1.54, 1.807) is 7.11 Å². The molecule has 6 heteroatoms. The van der Waals surface area contributed by atoms with Gasteiger partial charge in [-0.15, -0.1) is 0 Å². The van der Waals surface area contributed by atoms with Crippen molar-refractivity contribution in [2.24, 2.45) is 5.92 Å². The minimum atomic E-state index is 0.141. The van der Waals surface area contributed by atoms with E-state index in [0.717, 1.165) is 0 Å². The van der Waals surface area contributed by atoms with Crippen LogP contribution in [-0.2, 0) is 4.74 Å². The fourth-order valence-corrected chi connectivity index (χ4v) is 1.41. The van der Waals surface area contributed by atoms with Crippen molar-refractivity contribution in [3.05, 3.63) is 6.33 Å². The van der Waals surface area contributed by atoms with E-state index in [0.29, 0.717) is 29.9 Å². The van der Waals surface area contributed by atoms with Crippen LogP contribution in [0.2, 0.25) is 0 Å². The summed E-state index contributed by atoms with van der Waals surface area (Å²) in [5.74, 6) is 1.35. The van der Waals surface area contributed by atoms with Crippen LogP contribution in [0.15, 0.2) is 6.33 Å². The van der Waals surface area contributed by atoms with Crippen LogP contribution in [0.5, 0.6) is 5.88 Å². The summed E-state index contributed by atoms with van der Waals surface area (Å²) >= 11 is 0. The van der Waals surface area contributed by atoms with Crippen molar-refractivity contribution in [1.29, 1.82) is 0 Å². The van der Waals surface area contributed by atoms with E-state index >= 15 is 0 Å². The van der Waals surface area contributed by atoms with Crippen LogP contribution < -0.4 is 15.8 Å². The highest BCUT2D eigenvalue weighted by atomic mass is 16.5. The highest BCUT2D eigenvalue weighted by Gasteiger charge is 2.16. The number of nitrogens with two attached hydrogens (primary N) is 1. The molecule has 1 rings (SSSR count). The predicted octanol–water partition coefficient (Wildman–Crippen LogP) is 1.15. The zero-order valence-electron chi connectivity index (χ0n) is 10.7. The maximum absolute atomic E-state index is 5.89. The average molecular weight is 240 g/mol. The maximum atomic E-state index is 5.89. The van der Waals surface area contributed by atoms with Crippen LogP contribution >= 0.6 is 0 Å². The molecule has 0 aliphatic carbocycles. The fourth-order valence-electron chi connectivity index (χ4n) is 1.41. The first kappa shape index (κ1) is 13.5. The Morgan fingerprint density at radius 1 is 1.35 bits per heavy atom. The number of ether oxygens (including phenoxy) is 2. The Kier molecular flexibility index (Phi) is 4.96. The SMILES string of the molecule is COCC(Nc1ncnc(OC)c1N)C(C)C. The Bertz CT molecular complexity index is 357. The fraction of sp³-hybridized carbons (Fsp3) is 0.636. The molecule has 1 atom stereocenters. The molecular weight excluding hydrogens is 220 g/mol. The normalized spacial score (nSPS) is 12.5. The minimum absolute atomic E-state index is 0.141. The molecule has 3 N–H and O–H groups in total. The first-order valence-corrected chi connectivity index (χ1v) is 5.50. The Morgan fingerprint density at radius 3 is 2.59 bits per heavy atom. The van der Waals surface area contributed by atoms with Gasteiger partial charge in [-0.25, -0.2) is 4.98 Å². The number of nitrogen functional groups attached to an aromatic ring is 1. The van der Waals surface area contributed by atoms with Gasteiger partial charge in [-0.2, -0.15) is 4.98 Å². The number of hydrogen-bond donors (Lipinski definition) is 2. The highest BCUT2D eigenvalue weighted by molar-refractivity contribution is 5.66. The zero-order chi connectivity index (χ0) is 12.8. The number of aromatic nitrogens is 2. The molecule has 1 aromatic heterocycles. The van der Waals surface area contributed by atoms with Gasteiger partial charge in [-0.05, 0) is 5.92 Å². The molecule has 0 aromatic carbocycles. The van der Waals surface area contributed by atoms with Crippen LogP contribution in [0.4, 0.5) is 11.5 Å². The van der Waals surface area contributed by atoms with Crippen molar-refractivity contribution >= 4 is 11.5 Å². The highest BCUT2D eigenvalue weighted by Crippen LogP contribution is 2.25. The van der Waals surface area contributed by atoms with E-state index in [-0.39, 0.29) is 6.04 Å². The van der Waals surface area contributed by atoms with E-state index in [4.69, 9.17) is 15.2 Å². The lowest BCUT2D eigenvalue weighted by molar-refractivity contribution is 0.171. The molecule has 0 bridgehead atoms. The quantitative estimate of drug-likeness (QED) is 0.776. The van der Waals surface area contributed by atoms with Crippen molar-refractivity contribution in [2.75, 3.05) is 31.9 Å². The Balaban J connectivity index is 2.85. The van der Waals surface area contributed by atoms with Gasteiger partial charge < -0.3 is 20.5 Å². The van der Waals surface area contributed by atoms with Crippen molar-refractivity contribution in [1.82, 2.24) is 9.97 Å². The lowest BCUT2D eigenvalue weighted by Crippen LogP contribution is -2.31. The van der Waals surface area contributed by atoms with Gasteiger partial charge in [0.05, 0.1) is 19.8 Å². The first-order chi connectivity index (χ1) is 8.10. The largest absolute Gasteiger partial charge is 0.479 e. The smallest absolute Gasteiger partial charge is 0.242 e. The topological polar surface area (TPSA) is 82.3 Å². The summed E-state index contributed by atoms with van der Waals surface area (Å²) in [5.41, 5.74) is 6.30. The maximum Gasteiger partial charge on any atom is 0.242 e. The second-order valence-corrected chi connectivity index (χ2v) is 4.10. The number of rotatable bonds is 6. The number of nitrogens with one attached hydrogen (secondary N) is 1. The average Bonchev–Trinajstić information content (AvgIpc) is 2.30. The molecule has 1 unspecified atom stereocenters. The van der Waals surface area contributed by atoms with Crippen molar-refractivity contribution < 1.29 is 9.47 Å². The van der Waals surface area contributed by atoms with E-state index in [9.17, 15) is 0 Å². The molecule has 0 aliphatic rings. The summed E-state index contributed by atoms with van der Waals surface area (Å²) in [7, 11) is 3.19. The van der Waals surface area contributed by atoms with E-state index in [2.05, 4.69) is 29.1 Å². The molecule has 0 saturated carbocycles. The summed E-state index contributed by atoms with van der Waals surface area (Å²) in [5, 5.41) is 3.24. The molecule has 1 aromatic rings. The van der Waals surface area contributed by atoms with E-state index < -0.39 is 0 Å². The van der Waals surface area contributed by atoms with Gasteiger partial charge in [0.2, 0.25) is 5.88 Å². The molecule has 96 valence electrons. The Hall–Kier alpha value is -1.56. The van der Waals surface area contributed by atoms with Crippen LogP contribution in [0, 0.1) is 5.92 Å². The van der Waals surface area contributed by atoms with Crippen molar-refractivity contribution in [3.63, 3.8) is 0 Å². The molecule has 0 saturated heterocycles. The first-order valence-electron chi connectivity index (χ1n) is 5.50. The zero-order valence-corrected chi connectivity index (χ0v) is 10.7. The molecule has 0 aliphatic heterocycles. The van der Waals surface area contributed by atoms with Gasteiger partial charge in [0.15, 0.2) is 5.82 Å². The third kappa shape index (κ3) is 3.45. The lowest BCUT2D eigenvalue weighted by atomic mass is 10.1. The summed E-state index contributed by atoms with van der Waals surface area (Å²) in [6.45, 7) is 4.79. The molecule has 1 heterocycles. The standard InChI is InChI=1S/C11H20N4O2/c1-7(2)8(5-16-3)15-10-9(12)11(17-4)14-6-13-10/h6-8H,5,12H2,1-4H3,(H,13,14,15). The Morgan fingerprint density at radius 2 is 2.06 bits per heavy atom.